The smallest absolute Gasteiger partial charge is 0.246 e. The molecule has 2 saturated heterocycles. The summed E-state index contributed by atoms with van der Waals surface area (Å²) in [5.41, 5.74) is 4.93. The van der Waals surface area contributed by atoms with Crippen molar-refractivity contribution in [2.24, 2.45) is 5.41 Å². The Morgan fingerprint density at radius 1 is 0.921 bits per heavy atom. The van der Waals surface area contributed by atoms with Crippen LogP contribution in [0.25, 0.3) is 43.2 Å². The fraction of sp³-hybridized carbons (Fsp3) is 0.411. The number of ether oxygens (including phenoxy) is 3. The Hall–Kier alpha value is -6.61. The molecule has 17 nitrogen and oxygen atoms in total. The topological polar surface area (TPSA) is 209 Å². The maximum atomic E-state index is 16.3. The Morgan fingerprint density at radius 3 is 2.37 bits per heavy atom. The molecule has 402 valence electrons. The predicted octanol–water partition coefficient (Wildman–Crippen LogP) is 6.88. The van der Waals surface area contributed by atoms with E-state index in [9.17, 15) is 29.4 Å². The number of carbonyl (C=O) groups excluding carboxylic acids is 4. The van der Waals surface area contributed by atoms with Crippen LogP contribution in [0.5, 0.6) is 5.75 Å². The van der Waals surface area contributed by atoms with Crippen LogP contribution in [0.3, 0.4) is 0 Å². The summed E-state index contributed by atoms with van der Waals surface area (Å²) in [6.07, 6.45) is 4.93. The highest BCUT2D eigenvalue weighted by atomic mass is 35.5. The lowest BCUT2D eigenvalue weighted by Gasteiger charge is -2.35. The van der Waals surface area contributed by atoms with Crippen LogP contribution in [-0.2, 0) is 39.8 Å². The molecule has 8 rings (SSSR count). The number of phenols is 1. The van der Waals surface area contributed by atoms with E-state index in [1.807, 2.05) is 86.6 Å². The minimum Gasteiger partial charge on any atom is -0.508 e. The summed E-state index contributed by atoms with van der Waals surface area (Å²) < 4.78 is 33.1. The second-order valence-corrected chi connectivity index (χ2v) is 21.2. The molecular formula is C56H64ClFN8O9S. The molecule has 2 aromatic heterocycles. The number of β-amino-alcohol motifs (C(OH)–C–C–N with tert-alkyl or cyclic N) is 1. The average Bonchev–Trinajstić information content (AvgIpc) is 4.03. The van der Waals surface area contributed by atoms with Gasteiger partial charge >= 0.3 is 0 Å². The number of fused-ring (bicyclic) bond motifs is 2. The zero-order chi connectivity index (χ0) is 53.9. The van der Waals surface area contributed by atoms with Crippen molar-refractivity contribution in [3.8, 4) is 27.3 Å². The van der Waals surface area contributed by atoms with Crippen molar-refractivity contribution in [3.05, 3.63) is 113 Å². The van der Waals surface area contributed by atoms with E-state index in [0.29, 0.717) is 75.5 Å². The van der Waals surface area contributed by atoms with Gasteiger partial charge in [0.1, 0.15) is 42.1 Å². The van der Waals surface area contributed by atoms with E-state index in [-0.39, 0.29) is 73.1 Å². The minimum absolute atomic E-state index is 0.00824. The van der Waals surface area contributed by atoms with Crippen LogP contribution in [-0.4, -0.2) is 156 Å². The highest BCUT2D eigenvalue weighted by molar-refractivity contribution is 7.13. The number of anilines is 1. The molecule has 0 unspecified atom stereocenters. The number of aromatic hydroxyl groups is 1. The van der Waals surface area contributed by atoms with E-state index in [2.05, 4.69) is 25.6 Å². The third-order valence-electron chi connectivity index (χ3n) is 13.4. The van der Waals surface area contributed by atoms with Gasteiger partial charge in [-0.1, -0.05) is 87.0 Å². The van der Waals surface area contributed by atoms with Gasteiger partial charge in [0.05, 0.1) is 60.2 Å². The van der Waals surface area contributed by atoms with Crippen LogP contribution >= 0.6 is 22.9 Å². The summed E-state index contributed by atoms with van der Waals surface area (Å²) >= 11 is 8.36. The van der Waals surface area contributed by atoms with Gasteiger partial charge in [-0.05, 0) is 76.9 Å². The van der Waals surface area contributed by atoms with Crippen molar-refractivity contribution >= 4 is 74.1 Å². The lowest BCUT2D eigenvalue weighted by Crippen LogP contribution is -2.58. The van der Waals surface area contributed by atoms with Crippen molar-refractivity contribution in [1.29, 1.82) is 0 Å². The van der Waals surface area contributed by atoms with E-state index in [1.54, 1.807) is 34.4 Å². The summed E-state index contributed by atoms with van der Waals surface area (Å²) in [6, 6.07) is 18.4. The summed E-state index contributed by atoms with van der Waals surface area (Å²) in [6.45, 7) is 10.5. The third-order valence-corrected chi connectivity index (χ3v) is 14.7. The van der Waals surface area contributed by atoms with Gasteiger partial charge < -0.3 is 49.8 Å². The third kappa shape index (κ3) is 13.7. The zero-order valence-electron chi connectivity index (χ0n) is 43.1. The standard InChI is InChI=1S/C56H64ClFN8O9S/c1-35-51(76-34-62-35)37-14-12-36(13-15-37)16-17-59-54(71)45-29-40(68)31-66(45)55(72)52(56(2,3)4)63-46(69)32-75-26-25-74-24-23-73-22-8-7-11-47(70)64-18-20-65(21-19-64)53-43-30-44(57)48(49(58)50(43)60-33-61-53)42-28-39(67)27-38-9-5-6-10-41(38)42/h5-7,9-15,27-28,30,33-34,40,45,52,67-68H,8,16-26,29,31-32H2,1-4H3,(H,59,71)(H,63,69)/b11-7+/t40-,45-,52+/m0/s1. The Kier molecular flexibility index (Phi) is 18.7. The van der Waals surface area contributed by atoms with Crippen molar-refractivity contribution < 1.29 is 48.0 Å². The minimum atomic E-state index is -0.980. The van der Waals surface area contributed by atoms with Crippen molar-refractivity contribution in [1.82, 2.24) is 35.4 Å². The van der Waals surface area contributed by atoms with E-state index in [0.717, 1.165) is 32.5 Å². The van der Waals surface area contributed by atoms with Gasteiger partial charge in [-0.3, -0.25) is 19.2 Å². The number of hydrogen-bond donors (Lipinski definition) is 4. The second-order valence-electron chi connectivity index (χ2n) is 19.9. The summed E-state index contributed by atoms with van der Waals surface area (Å²) in [4.78, 5) is 72.7. The quantitative estimate of drug-likeness (QED) is 0.0429. The first-order valence-corrected chi connectivity index (χ1v) is 26.7. The molecule has 0 saturated carbocycles. The van der Waals surface area contributed by atoms with Crippen LogP contribution in [0.1, 0.15) is 44.9 Å². The number of aliphatic hydroxyl groups excluding tert-OH is 1. The zero-order valence-corrected chi connectivity index (χ0v) is 44.7. The van der Waals surface area contributed by atoms with Gasteiger partial charge in [-0.25, -0.2) is 19.3 Å². The van der Waals surface area contributed by atoms with Gasteiger partial charge in [0.25, 0.3) is 0 Å². The summed E-state index contributed by atoms with van der Waals surface area (Å²) in [5.74, 6) is -1.55. The highest BCUT2D eigenvalue weighted by Gasteiger charge is 2.44. The number of phenolic OH excluding ortho intramolecular Hbond substituents is 1. The number of hydrogen-bond acceptors (Lipinski definition) is 14. The fourth-order valence-electron chi connectivity index (χ4n) is 9.47. The molecule has 2 aliphatic rings. The first kappa shape index (κ1) is 55.6. The molecule has 4 heterocycles. The number of nitrogens with one attached hydrogen (secondary N) is 2. The maximum absolute atomic E-state index is 16.3. The number of nitrogens with zero attached hydrogens (tertiary/aromatic N) is 6. The monoisotopic (exact) mass is 1080 g/mol. The number of aliphatic hydroxyl groups is 1. The molecule has 0 bridgehead atoms. The van der Waals surface area contributed by atoms with Gasteiger partial charge in [-0.15, -0.1) is 11.3 Å². The number of carbonyl (C=O) groups is 4. The number of rotatable bonds is 21. The Balaban J connectivity index is 0.694. The molecule has 0 aliphatic carbocycles. The number of likely N-dealkylation sites (tertiary alicyclic amines) is 1. The second kappa shape index (κ2) is 25.5. The molecule has 76 heavy (non-hydrogen) atoms. The SMILES string of the molecule is Cc1ncsc1-c1ccc(CCNC(=O)[C@@H]2C[C@H](O)CN2C(=O)[C@@H](NC(=O)COCCOCCOCC/C=C/C(=O)N2CCN(c3ncnc4c(F)c(-c5cc(O)cc6ccccc56)c(Cl)cc34)CC2)C(C)(C)C)cc1. The van der Waals surface area contributed by atoms with Gasteiger partial charge in [0.15, 0.2) is 5.82 Å². The number of aryl methyl sites for hydroxylation is 1. The first-order valence-electron chi connectivity index (χ1n) is 25.4. The van der Waals surface area contributed by atoms with Crippen LogP contribution in [0.15, 0.2) is 90.7 Å². The number of halogens is 2. The molecule has 6 aromatic rings. The Morgan fingerprint density at radius 2 is 1.64 bits per heavy atom. The van der Waals surface area contributed by atoms with Crippen LogP contribution in [0, 0.1) is 18.2 Å². The first-order chi connectivity index (χ1) is 36.6. The van der Waals surface area contributed by atoms with Gasteiger partial charge in [-0.2, -0.15) is 0 Å². The molecule has 2 fully saturated rings. The number of aromatic nitrogens is 3. The lowest BCUT2D eigenvalue weighted by atomic mass is 9.85. The molecule has 4 amide bonds. The molecule has 2 aliphatic heterocycles. The number of piperazine rings is 1. The van der Waals surface area contributed by atoms with Gasteiger partial charge in [0.2, 0.25) is 23.6 Å². The van der Waals surface area contributed by atoms with Crippen LogP contribution < -0.4 is 15.5 Å². The maximum Gasteiger partial charge on any atom is 0.246 e. The van der Waals surface area contributed by atoms with Crippen LogP contribution in [0.4, 0.5) is 10.2 Å². The number of amides is 4. The van der Waals surface area contributed by atoms with E-state index in [1.165, 1.54) is 23.4 Å². The van der Waals surface area contributed by atoms with Crippen molar-refractivity contribution in [2.75, 3.05) is 83.8 Å². The molecule has 0 spiro atoms. The average molecular weight is 1080 g/mol. The van der Waals surface area contributed by atoms with Crippen molar-refractivity contribution in [3.63, 3.8) is 0 Å². The van der Waals surface area contributed by atoms with Crippen LogP contribution in [0.2, 0.25) is 5.02 Å². The normalized spacial score (nSPS) is 16.5. The van der Waals surface area contributed by atoms with Gasteiger partial charge in [0, 0.05) is 56.6 Å². The van der Waals surface area contributed by atoms with E-state index < -0.39 is 41.2 Å². The highest BCUT2D eigenvalue weighted by Crippen LogP contribution is 2.42. The number of benzene rings is 4. The van der Waals surface area contributed by atoms with E-state index in [4.69, 9.17) is 25.8 Å². The summed E-state index contributed by atoms with van der Waals surface area (Å²) in [5, 5.41) is 28.8. The number of thiazole rings is 1. The lowest BCUT2D eigenvalue weighted by molar-refractivity contribution is -0.144. The van der Waals surface area contributed by atoms with E-state index >= 15 is 4.39 Å². The molecule has 20 heteroatoms. The Bertz CT molecular complexity index is 3050. The molecule has 4 N–H and O–H groups in total. The molecule has 4 aromatic carbocycles. The molecule has 3 atom stereocenters. The summed E-state index contributed by atoms with van der Waals surface area (Å²) in [7, 11) is 0. The van der Waals surface area contributed by atoms with Crippen molar-refractivity contribution in [2.45, 2.75) is 65.1 Å². The predicted molar refractivity (Wildman–Crippen MR) is 291 cm³/mol. The fourth-order valence-corrected chi connectivity index (χ4v) is 10.6. The molecule has 0 radical (unpaired) electrons. The Labute approximate surface area is 450 Å². The molecular weight excluding hydrogens is 1020 g/mol. The largest absolute Gasteiger partial charge is 0.508 e.